The third kappa shape index (κ3) is 7.63. The van der Waals surface area contributed by atoms with Gasteiger partial charge in [0.2, 0.25) is 10.0 Å². The highest BCUT2D eigenvalue weighted by Gasteiger charge is 2.31. The molecule has 1 aromatic rings. The minimum Gasteiger partial charge on any atom is -0.338 e. The fourth-order valence-corrected chi connectivity index (χ4v) is 6.38. The molecule has 1 aliphatic carbocycles. The molecule has 2 aliphatic rings. The lowest BCUT2D eigenvalue weighted by atomic mass is 9.97. The first kappa shape index (κ1) is 28.7. The number of piperidine rings is 1. The number of carbonyl (C=O) groups excluding carboxylic acids is 1. The number of hydrogen-bond donors (Lipinski definition) is 2. The van der Waals surface area contributed by atoms with E-state index in [1.54, 1.807) is 25.1 Å². The van der Waals surface area contributed by atoms with Gasteiger partial charge in [-0.2, -0.15) is 4.31 Å². The molecule has 0 aromatic heterocycles. The van der Waals surface area contributed by atoms with E-state index in [1.165, 1.54) is 36.4 Å². The van der Waals surface area contributed by atoms with Crippen LogP contribution in [-0.2, 0) is 10.0 Å². The van der Waals surface area contributed by atoms with E-state index in [4.69, 9.17) is 11.6 Å². The minimum atomic E-state index is -3.55. The maximum atomic E-state index is 13.0. The molecule has 32 heavy (non-hydrogen) atoms. The maximum absolute atomic E-state index is 13.0. The summed E-state index contributed by atoms with van der Waals surface area (Å²) in [5.41, 5.74) is 0.592. The Morgan fingerprint density at radius 2 is 1.62 bits per heavy atom. The van der Waals surface area contributed by atoms with E-state index in [0.717, 1.165) is 25.7 Å². The van der Waals surface area contributed by atoms with Crippen molar-refractivity contribution in [2.45, 2.75) is 90.5 Å². The zero-order valence-electron chi connectivity index (χ0n) is 17.8. The summed E-state index contributed by atoms with van der Waals surface area (Å²) in [5, 5.41) is 6.59. The number of sulfonamides is 1. The van der Waals surface area contributed by atoms with Gasteiger partial charge in [0.1, 0.15) is 0 Å². The third-order valence-electron chi connectivity index (χ3n) is 6.40. The Hall–Kier alpha value is -1.31. The SMILES string of the molecule is C.C.Cc1c(Cl)cccc1S(=O)(=O)N1CCC(CNC(=O)NC2CCCCCCC2)CC1. The molecular weight excluding hydrogens is 446 g/mol. The van der Waals surface area contributed by atoms with Crippen molar-refractivity contribution in [1.82, 2.24) is 14.9 Å². The van der Waals surface area contributed by atoms with Crippen LogP contribution in [0.5, 0.6) is 0 Å². The zero-order chi connectivity index (χ0) is 21.6. The molecule has 8 heteroatoms. The van der Waals surface area contributed by atoms with Crippen molar-refractivity contribution >= 4 is 27.7 Å². The van der Waals surface area contributed by atoms with E-state index in [0.29, 0.717) is 36.1 Å². The number of nitrogens with zero attached hydrogens (tertiary/aromatic N) is 1. The molecule has 0 spiro atoms. The molecule has 2 N–H and O–H groups in total. The number of nitrogens with one attached hydrogen (secondary N) is 2. The van der Waals surface area contributed by atoms with Crippen LogP contribution in [0.1, 0.15) is 78.2 Å². The van der Waals surface area contributed by atoms with Crippen LogP contribution in [0.25, 0.3) is 0 Å². The maximum Gasteiger partial charge on any atom is 0.315 e. The molecule has 3 rings (SSSR count). The van der Waals surface area contributed by atoms with Gasteiger partial charge < -0.3 is 10.6 Å². The van der Waals surface area contributed by atoms with Crippen molar-refractivity contribution in [1.29, 1.82) is 0 Å². The van der Waals surface area contributed by atoms with Gasteiger partial charge in [0.05, 0.1) is 4.90 Å². The van der Waals surface area contributed by atoms with Crippen molar-refractivity contribution in [3.8, 4) is 0 Å². The quantitative estimate of drug-likeness (QED) is 0.556. The Labute approximate surface area is 200 Å². The van der Waals surface area contributed by atoms with Gasteiger partial charge in [0.25, 0.3) is 0 Å². The smallest absolute Gasteiger partial charge is 0.315 e. The Morgan fingerprint density at radius 3 is 2.25 bits per heavy atom. The van der Waals surface area contributed by atoms with Crippen molar-refractivity contribution in [2.75, 3.05) is 19.6 Å². The first-order valence-electron chi connectivity index (χ1n) is 11.2. The molecule has 1 heterocycles. The molecule has 0 unspecified atom stereocenters. The summed E-state index contributed by atoms with van der Waals surface area (Å²) in [6.45, 7) is 3.25. The molecule has 0 radical (unpaired) electrons. The number of benzene rings is 1. The lowest BCUT2D eigenvalue weighted by Gasteiger charge is -2.32. The highest BCUT2D eigenvalue weighted by atomic mass is 35.5. The summed E-state index contributed by atoms with van der Waals surface area (Å²) in [4.78, 5) is 12.6. The van der Waals surface area contributed by atoms with Gasteiger partial charge >= 0.3 is 6.03 Å². The summed E-state index contributed by atoms with van der Waals surface area (Å²) in [6.07, 6.45) is 9.80. The number of carbonyl (C=O) groups is 1. The van der Waals surface area contributed by atoms with Crippen molar-refractivity contribution < 1.29 is 13.2 Å². The third-order valence-corrected chi connectivity index (χ3v) is 8.85. The highest BCUT2D eigenvalue weighted by molar-refractivity contribution is 7.89. The number of amides is 2. The van der Waals surface area contributed by atoms with Crippen LogP contribution in [0.3, 0.4) is 0 Å². The average molecular weight is 488 g/mol. The lowest BCUT2D eigenvalue weighted by molar-refractivity contribution is 0.225. The minimum absolute atomic E-state index is 0. The second kappa shape index (κ2) is 13.4. The van der Waals surface area contributed by atoms with Crippen LogP contribution in [0, 0.1) is 12.8 Å². The van der Waals surface area contributed by atoms with E-state index in [9.17, 15) is 13.2 Å². The van der Waals surface area contributed by atoms with Gasteiger partial charge in [-0.1, -0.05) is 64.6 Å². The summed E-state index contributed by atoms with van der Waals surface area (Å²) >= 11 is 6.11. The predicted octanol–water partition coefficient (Wildman–Crippen LogP) is 5.73. The molecule has 0 bridgehead atoms. The predicted molar refractivity (Wildman–Crippen MR) is 134 cm³/mol. The van der Waals surface area contributed by atoms with E-state index in [2.05, 4.69) is 10.6 Å². The molecule has 1 aliphatic heterocycles. The summed E-state index contributed by atoms with van der Waals surface area (Å²) < 4.78 is 27.5. The molecule has 6 nitrogen and oxygen atoms in total. The van der Waals surface area contributed by atoms with Crippen LogP contribution < -0.4 is 10.6 Å². The fourth-order valence-electron chi connectivity index (χ4n) is 4.43. The Kier molecular flexibility index (Phi) is 12.0. The second-order valence-electron chi connectivity index (χ2n) is 8.61. The summed E-state index contributed by atoms with van der Waals surface area (Å²) in [5.74, 6) is 0.292. The normalized spacial score (nSPS) is 19.1. The highest BCUT2D eigenvalue weighted by Crippen LogP contribution is 2.28. The topological polar surface area (TPSA) is 78.5 Å². The second-order valence-corrected chi connectivity index (χ2v) is 10.9. The fraction of sp³-hybridized carbons (Fsp3) is 0.708. The van der Waals surface area contributed by atoms with Gasteiger partial charge in [0.15, 0.2) is 0 Å². The van der Waals surface area contributed by atoms with E-state index in [-0.39, 0.29) is 31.8 Å². The summed E-state index contributed by atoms with van der Waals surface area (Å²) in [6, 6.07) is 5.18. The standard InChI is InChI=1S/C22H34ClN3O3S.2CH4/c1-17-20(23)10-7-11-21(17)30(28,29)26-14-12-18(13-15-26)16-24-22(27)25-19-8-5-3-2-4-6-9-19;;/h7,10-11,18-19H,2-6,8-9,12-16H2,1H3,(H2,24,25,27);2*1H4. The van der Waals surface area contributed by atoms with Crippen LogP contribution in [-0.4, -0.2) is 44.4 Å². The first-order chi connectivity index (χ1) is 14.4. The Bertz CT molecular complexity index is 816. The van der Waals surface area contributed by atoms with Gasteiger partial charge in [-0.05, 0) is 56.2 Å². The average Bonchev–Trinajstić information content (AvgIpc) is 2.70. The van der Waals surface area contributed by atoms with Crippen LogP contribution >= 0.6 is 11.6 Å². The van der Waals surface area contributed by atoms with Crippen molar-refractivity contribution in [2.24, 2.45) is 5.92 Å². The monoisotopic (exact) mass is 487 g/mol. The Balaban J connectivity index is 0.00000256. The van der Waals surface area contributed by atoms with E-state index in [1.807, 2.05) is 0 Å². The number of hydrogen-bond acceptors (Lipinski definition) is 3. The molecule has 1 saturated heterocycles. The van der Waals surface area contributed by atoms with Crippen LogP contribution in [0.2, 0.25) is 5.02 Å². The first-order valence-corrected chi connectivity index (χ1v) is 13.0. The van der Waals surface area contributed by atoms with Crippen LogP contribution in [0.15, 0.2) is 23.1 Å². The number of rotatable bonds is 5. The van der Waals surface area contributed by atoms with Crippen molar-refractivity contribution in [3.05, 3.63) is 28.8 Å². The molecule has 2 amide bonds. The Morgan fingerprint density at radius 1 is 1.03 bits per heavy atom. The van der Waals surface area contributed by atoms with Gasteiger partial charge in [0, 0.05) is 30.7 Å². The molecule has 184 valence electrons. The number of urea groups is 1. The molecule has 2 fully saturated rings. The lowest BCUT2D eigenvalue weighted by Crippen LogP contribution is -2.46. The molecular formula is C24H42ClN3O3S. The molecule has 0 atom stereocenters. The van der Waals surface area contributed by atoms with Gasteiger partial charge in [-0.15, -0.1) is 0 Å². The zero-order valence-corrected chi connectivity index (χ0v) is 19.4. The number of halogens is 1. The van der Waals surface area contributed by atoms with Crippen molar-refractivity contribution in [3.63, 3.8) is 0 Å². The van der Waals surface area contributed by atoms with E-state index < -0.39 is 10.0 Å². The van der Waals surface area contributed by atoms with E-state index >= 15 is 0 Å². The van der Waals surface area contributed by atoms with Crippen LogP contribution in [0.4, 0.5) is 4.79 Å². The molecule has 1 aromatic carbocycles. The summed E-state index contributed by atoms with van der Waals surface area (Å²) in [7, 11) is -3.55. The van der Waals surface area contributed by atoms with Gasteiger partial charge in [-0.3, -0.25) is 0 Å². The largest absolute Gasteiger partial charge is 0.338 e. The van der Waals surface area contributed by atoms with Gasteiger partial charge in [-0.25, -0.2) is 13.2 Å². The molecule has 1 saturated carbocycles.